The Balaban J connectivity index is 2.06. The molecule has 1 aliphatic rings. The van der Waals surface area contributed by atoms with Crippen molar-refractivity contribution in [3.05, 3.63) is 40.3 Å². The summed E-state index contributed by atoms with van der Waals surface area (Å²) in [6.45, 7) is 6.69. The molecule has 5 nitrogen and oxygen atoms in total. The van der Waals surface area contributed by atoms with Crippen LogP contribution >= 0.6 is 0 Å². The predicted molar refractivity (Wildman–Crippen MR) is 82.1 cm³/mol. The lowest BCUT2D eigenvalue weighted by Crippen LogP contribution is -2.39. The number of carbonyl (C=O) groups is 1. The minimum Gasteiger partial charge on any atom is -0.444 e. The fourth-order valence-electron chi connectivity index (χ4n) is 2.17. The summed E-state index contributed by atoms with van der Waals surface area (Å²) in [6, 6.07) is 3.56. The summed E-state index contributed by atoms with van der Waals surface area (Å²) in [5, 5.41) is 0. The molecule has 0 saturated heterocycles. The fraction of sp³-hybridized carbons (Fsp3) is 0.500. The monoisotopic (exact) mass is 290 g/mol. The number of carbonyl (C=O) groups excluding carboxylic acids is 1. The Bertz CT molecular complexity index is 623. The highest BCUT2D eigenvalue weighted by Gasteiger charge is 2.23. The summed E-state index contributed by atoms with van der Waals surface area (Å²) >= 11 is 0. The molecule has 0 aliphatic carbocycles. The lowest BCUT2D eigenvalue weighted by molar-refractivity contribution is 0.0270. The molecule has 0 atom stereocenters. The molecule has 0 bridgehead atoms. The van der Waals surface area contributed by atoms with Crippen molar-refractivity contribution < 1.29 is 9.53 Å². The molecule has 0 saturated carbocycles. The molecule has 1 aromatic heterocycles. The lowest BCUT2D eigenvalue weighted by Gasteiger charge is -2.29. The van der Waals surface area contributed by atoms with Crippen LogP contribution in [-0.4, -0.2) is 34.3 Å². The molecule has 21 heavy (non-hydrogen) atoms. The van der Waals surface area contributed by atoms with Crippen molar-refractivity contribution in [1.29, 1.82) is 0 Å². The molecule has 1 aromatic rings. The van der Waals surface area contributed by atoms with Crippen LogP contribution in [0.4, 0.5) is 4.79 Å². The zero-order valence-corrected chi connectivity index (χ0v) is 13.0. The normalized spacial score (nSPS) is 15.6. The molecule has 114 valence electrons. The van der Waals surface area contributed by atoms with Gasteiger partial charge < -0.3 is 14.2 Å². The second-order valence-corrected chi connectivity index (χ2v) is 6.27. The van der Waals surface area contributed by atoms with Crippen LogP contribution in [-0.2, 0) is 11.8 Å². The molecular formula is C16H22N2O3. The van der Waals surface area contributed by atoms with Crippen LogP contribution in [0.3, 0.4) is 0 Å². The van der Waals surface area contributed by atoms with Gasteiger partial charge in [0.2, 0.25) is 0 Å². The summed E-state index contributed by atoms with van der Waals surface area (Å²) < 4.78 is 6.90. The van der Waals surface area contributed by atoms with Gasteiger partial charge in [0, 0.05) is 32.4 Å². The first-order chi connectivity index (χ1) is 9.76. The van der Waals surface area contributed by atoms with E-state index in [1.807, 2.05) is 32.9 Å². The minimum atomic E-state index is -0.479. The molecule has 2 rings (SSSR count). The topological polar surface area (TPSA) is 51.5 Å². The summed E-state index contributed by atoms with van der Waals surface area (Å²) in [5.74, 6) is 0. The molecule has 0 aromatic carbocycles. The summed E-state index contributed by atoms with van der Waals surface area (Å²) in [7, 11) is 1.73. The van der Waals surface area contributed by atoms with Crippen molar-refractivity contribution in [2.75, 3.05) is 13.1 Å². The molecule has 0 spiro atoms. The third kappa shape index (κ3) is 3.97. The number of ether oxygens (including phenoxy) is 1. The van der Waals surface area contributed by atoms with E-state index in [0.717, 1.165) is 17.6 Å². The van der Waals surface area contributed by atoms with E-state index in [4.69, 9.17) is 4.74 Å². The Labute approximate surface area is 124 Å². The maximum atomic E-state index is 12.0. The first-order valence-electron chi connectivity index (χ1n) is 7.10. The van der Waals surface area contributed by atoms with E-state index >= 15 is 0 Å². The van der Waals surface area contributed by atoms with E-state index in [1.54, 1.807) is 28.8 Å². The SMILES string of the molecule is Cn1ccc(C2=CCN(C(=O)OC(C)(C)C)CC2)cc1=O. The zero-order valence-electron chi connectivity index (χ0n) is 13.0. The smallest absolute Gasteiger partial charge is 0.410 e. The zero-order chi connectivity index (χ0) is 15.6. The fourth-order valence-corrected chi connectivity index (χ4v) is 2.17. The van der Waals surface area contributed by atoms with Crippen molar-refractivity contribution in [1.82, 2.24) is 9.47 Å². The van der Waals surface area contributed by atoms with Gasteiger partial charge in [0.1, 0.15) is 5.60 Å². The average Bonchev–Trinajstić information content (AvgIpc) is 2.40. The van der Waals surface area contributed by atoms with E-state index in [-0.39, 0.29) is 11.7 Å². The maximum absolute atomic E-state index is 12.0. The first kappa shape index (κ1) is 15.4. The summed E-state index contributed by atoms with van der Waals surface area (Å²) in [5.41, 5.74) is 1.53. The largest absolute Gasteiger partial charge is 0.444 e. The highest BCUT2D eigenvalue weighted by Crippen LogP contribution is 2.22. The Hall–Kier alpha value is -2.04. The quantitative estimate of drug-likeness (QED) is 0.798. The minimum absolute atomic E-state index is 0.0250. The average molecular weight is 290 g/mol. The van der Waals surface area contributed by atoms with Crippen LogP contribution in [0.2, 0.25) is 0 Å². The number of hydrogen-bond acceptors (Lipinski definition) is 3. The molecule has 0 unspecified atom stereocenters. The Morgan fingerprint density at radius 2 is 2.05 bits per heavy atom. The Morgan fingerprint density at radius 3 is 2.57 bits per heavy atom. The van der Waals surface area contributed by atoms with Crippen LogP contribution in [0.25, 0.3) is 5.57 Å². The van der Waals surface area contributed by atoms with Gasteiger partial charge in [-0.15, -0.1) is 0 Å². The Morgan fingerprint density at radius 1 is 1.33 bits per heavy atom. The van der Waals surface area contributed by atoms with Crippen molar-refractivity contribution in [3.8, 4) is 0 Å². The van der Waals surface area contributed by atoms with E-state index in [0.29, 0.717) is 13.1 Å². The first-order valence-corrected chi connectivity index (χ1v) is 7.10. The van der Waals surface area contributed by atoms with E-state index < -0.39 is 5.60 Å². The van der Waals surface area contributed by atoms with Gasteiger partial charge in [-0.3, -0.25) is 4.79 Å². The van der Waals surface area contributed by atoms with Crippen LogP contribution in [0.15, 0.2) is 29.2 Å². The third-order valence-electron chi connectivity index (χ3n) is 3.34. The van der Waals surface area contributed by atoms with Gasteiger partial charge in [0.15, 0.2) is 0 Å². The van der Waals surface area contributed by atoms with Gasteiger partial charge in [0.25, 0.3) is 5.56 Å². The summed E-state index contributed by atoms with van der Waals surface area (Å²) in [6.07, 6.45) is 4.19. The van der Waals surface area contributed by atoms with E-state index in [2.05, 4.69) is 0 Å². The van der Waals surface area contributed by atoms with Gasteiger partial charge in [-0.2, -0.15) is 0 Å². The van der Waals surface area contributed by atoms with Gasteiger partial charge in [0.05, 0.1) is 0 Å². The molecule has 1 amide bonds. The van der Waals surface area contributed by atoms with Gasteiger partial charge in [-0.1, -0.05) is 6.08 Å². The van der Waals surface area contributed by atoms with E-state index in [1.165, 1.54) is 0 Å². The predicted octanol–water partition coefficient (Wildman–Crippen LogP) is 2.41. The maximum Gasteiger partial charge on any atom is 0.410 e. The van der Waals surface area contributed by atoms with Crippen LogP contribution < -0.4 is 5.56 Å². The van der Waals surface area contributed by atoms with Crippen molar-refractivity contribution in [2.45, 2.75) is 32.8 Å². The molecule has 0 fully saturated rings. The van der Waals surface area contributed by atoms with Crippen LogP contribution in [0.1, 0.15) is 32.8 Å². The molecule has 0 N–H and O–H groups in total. The van der Waals surface area contributed by atoms with Crippen molar-refractivity contribution in [3.63, 3.8) is 0 Å². The van der Waals surface area contributed by atoms with Crippen molar-refractivity contribution >= 4 is 11.7 Å². The van der Waals surface area contributed by atoms with Crippen LogP contribution in [0, 0.1) is 0 Å². The number of pyridine rings is 1. The molecule has 5 heteroatoms. The van der Waals surface area contributed by atoms with Gasteiger partial charge in [-0.05, 0) is 44.4 Å². The highest BCUT2D eigenvalue weighted by atomic mass is 16.6. The third-order valence-corrected chi connectivity index (χ3v) is 3.34. The molecule has 2 heterocycles. The van der Waals surface area contributed by atoms with E-state index in [9.17, 15) is 9.59 Å². The number of nitrogens with zero attached hydrogens (tertiary/aromatic N) is 2. The highest BCUT2D eigenvalue weighted by molar-refractivity contribution is 5.72. The number of hydrogen-bond donors (Lipinski definition) is 0. The van der Waals surface area contributed by atoms with Crippen molar-refractivity contribution in [2.24, 2.45) is 7.05 Å². The Kier molecular flexibility index (Phi) is 4.21. The summed E-state index contributed by atoms with van der Waals surface area (Å²) in [4.78, 5) is 25.3. The second kappa shape index (κ2) is 5.76. The molecule has 1 aliphatic heterocycles. The molecular weight excluding hydrogens is 268 g/mol. The molecule has 0 radical (unpaired) electrons. The van der Waals surface area contributed by atoms with Crippen LogP contribution in [0.5, 0.6) is 0 Å². The van der Waals surface area contributed by atoms with Gasteiger partial charge in [-0.25, -0.2) is 4.79 Å². The lowest BCUT2D eigenvalue weighted by atomic mass is 10.0. The van der Waals surface area contributed by atoms with Gasteiger partial charge >= 0.3 is 6.09 Å². The standard InChI is InChI=1S/C16H22N2O3/c1-16(2,3)21-15(20)18-9-6-12(7-10-18)13-5-8-17(4)14(19)11-13/h5-6,8,11H,7,9-10H2,1-4H3. The number of amides is 1. The number of rotatable bonds is 1. The number of aryl methyl sites for hydroxylation is 1. The second-order valence-electron chi connectivity index (χ2n) is 6.27. The number of aromatic nitrogens is 1.